The fraction of sp³-hybridized carbons (Fsp3) is 0.125. The van der Waals surface area contributed by atoms with Crippen LogP contribution in [-0.4, -0.2) is 33.1 Å². The van der Waals surface area contributed by atoms with Gasteiger partial charge in [-0.3, -0.25) is 20.4 Å². The van der Waals surface area contributed by atoms with Gasteiger partial charge in [0.2, 0.25) is 0 Å². The van der Waals surface area contributed by atoms with Crippen LogP contribution >= 0.6 is 0 Å². The van der Waals surface area contributed by atoms with Gasteiger partial charge in [-0.25, -0.2) is 12.8 Å². The Hall–Kier alpha value is -2.94. The predicted octanol–water partition coefficient (Wildman–Crippen LogP) is 1.07. The molecule has 0 saturated carbocycles. The number of hydrogen-bond acceptors (Lipinski definition) is 5. The molecule has 2 rings (SSSR count). The fourth-order valence-electron chi connectivity index (χ4n) is 1.77. The summed E-state index contributed by atoms with van der Waals surface area (Å²) in [5, 5.41) is 0. The van der Waals surface area contributed by atoms with E-state index in [-0.39, 0.29) is 17.1 Å². The Morgan fingerprint density at radius 3 is 2.16 bits per heavy atom. The molecule has 0 spiro atoms. The number of rotatable bonds is 5. The zero-order valence-electron chi connectivity index (χ0n) is 13.2. The number of benzene rings is 2. The second-order valence-electron chi connectivity index (χ2n) is 5.04. The Labute approximate surface area is 143 Å². The third-order valence-electron chi connectivity index (χ3n) is 3.04. The summed E-state index contributed by atoms with van der Waals surface area (Å²) in [5.74, 6) is -1.36. The molecule has 2 aromatic rings. The number of nitrogens with one attached hydrogen (secondary N) is 2. The normalized spacial score (nSPS) is 10.8. The molecule has 132 valence electrons. The van der Waals surface area contributed by atoms with Crippen LogP contribution in [0.25, 0.3) is 0 Å². The third kappa shape index (κ3) is 5.57. The molecule has 0 unspecified atom stereocenters. The number of sulfone groups is 1. The SMILES string of the molecule is CS(=O)(=O)c1ccc(C(=O)NNC(=O)COc2ccc(F)cc2)cc1. The van der Waals surface area contributed by atoms with Crippen molar-refractivity contribution in [1.82, 2.24) is 10.9 Å². The number of halogens is 1. The van der Waals surface area contributed by atoms with Gasteiger partial charge in [0.1, 0.15) is 11.6 Å². The summed E-state index contributed by atoms with van der Waals surface area (Å²) in [6.45, 7) is -0.376. The van der Waals surface area contributed by atoms with Crippen LogP contribution in [0.3, 0.4) is 0 Å². The van der Waals surface area contributed by atoms with Gasteiger partial charge in [-0.05, 0) is 48.5 Å². The fourth-order valence-corrected chi connectivity index (χ4v) is 2.40. The maximum absolute atomic E-state index is 12.7. The maximum atomic E-state index is 12.7. The monoisotopic (exact) mass is 366 g/mol. The van der Waals surface area contributed by atoms with Gasteiger partial charge in [0.15, 0.2) is 16.4 Å². The summed E-state index contributed by atoms with van der Waals surface area (Å²) in [5.41, 5.74) is 4.50. The highest BCUT2D eigenvalue weighted by molar-refractivity contribution is 7.90. The molecule has 0 radical (unpaired) electrons. The molecule has 25 heavy (non-hydrogen) atoms. The minimum atomic E-state index is -3.35. The first-order chi connectivity index (χ1) is 11.8. The van der Waals surface area contributed by atoms with E-state index in [0.717, 1.165) is 6.26 Å². The van der Waals surface area contributed by atoms with Crippen molar-refractivity contribution in [3.63, 3.8) is 0 Å². The van der Waals surface area contributed by atoms with Crippen LogP contribution in [0.15, 0.2) is 53.4 Å². The number of carbonyl (C=O) groups excluding carboxylic acids is 2. The van der Waals surface area contributed by atoms with E-state index in [9.17, 15) is 22.4 Å². The van der Waals surface area contributed by atoms with Gasteiger partial charge < -0.3 is 4.74 Å². The van der Waals surface area contributed by atoms with E-state index in [4.69, 9.17) is 4.74 Å². The standard InChI is InChI=1S/C16H15FN2O5S/c1-25(22,23)14-8-2-11(3-9-14)16(21)19-18-15(20)10-24-13-6-4-12(17)5-7-13/h2-9H,10H2,1H3,(H,18,20)(H,19,21). The Morgan fingerprint density at radius 1 is 1.00 bits per heavy atom. The van der Waals surface area contributed by atoms with Crippen LogP contribution in [0.4, 0.5) is 4.39 Å². The topological polar surface area (TPSA) is 102 Å². The molecule has 0 aromatic heterocycles. The summed E-state index contributed by atoms with van der Waals surface area (Å²) in [6.07, 6.45) is 1.06. The molecule has 9 heteroatoms. The average Bonchev–Trinajstić information content (AvgIpc) is 2.58. The summed E-state index contributed by atoms with van der Waals surface area (Å²) in [6, 6.07) is 10.4. The van der Waals surface area contributed by atoms with Gasteiger partial charge in [-0.15, -0.1) is 0 Å². The number of carbonyl (C=O) groups is 2. The second kappa shape index (κ2) is 7.75. The van der Waals surface area contributed by atoms with E-state index in [1.54, 1.807) is 0 Å². The van der Waals surface area contributed by atoms with Crippen LogP contribution in [0.2, 0.25) is 0 Å². The lowest BCUT2D eigenvalue weighted by molar-refractivity contribution is -0.123. The summed E-state index contributed by atoms with van der Waals surface area (Å²) in [7, 11) is -3.35. The van der Waals surface area contributed by atoms with Gasteiger partial charge in [0, 0.05) is 11.8 Å². The van der Waals surface area contributed by atoms with Crippen molar-refractivity contribution in [2.75, 3.05) is 12.9 Å². The molecule has 0 aliphatic carbocycles. The van der Waals surface area contributed by atoms with Crippen LogP contribution in [-0.2, 0) is 14.6 Å². The van der Waals surface area contributed by atoms with Crippen molar-refractivity contribution in [3.8, 4) is 5.75 Å². The van der Waals surface area contributed by atoms with E-state index >= 15 is 0 Å². The predicted molar refractivity (Wildman–Crippen MR) is 87.1 cm³/mol. The number of amides is 2. The van der Waals surface area contributed by atoms with Gasteiger partial charge in [-0.1, -0.05) is 0 Å². The van der Waals surface area contributed by atoms with Crippen molar-refractivity contribution in [1.29, 1.82) is 0 Å². The Balaban J connectivity index is 1.82. The van der Waals surface area contributed by atoms with Gasteiger partial charge in [-0.2, -0.15) is 0 Å². The lowest BCUT2D eigenvalue weighted by atomic mass is 10.2. The molecule has 0 aliphatic rings. The zero-order valence-corrected chi connectivity index (χ0v) is 14.0. The molecule has 2 aromatic carbocycles. The summed E-state index contributed by atoms with van der Waals surface area (Å²) < 4.78 is 40.5. The van der Waals surface area contributed by atoms with E-state index in [2.05, 4.69) is 10.9 Å². The molecule has 7 nitrogen and oxygen atoms in total. The minimum absolute atomic E-state index is 0.0841. The van der Waals surface area contributed by atoms with Crippen LogP contribution in [0, 0.1) is 5.82 Å². The van der Waals surface area contributed by atoms with Crippen molar-refractivity contribution in [2.24, 2.45) is 0 Å². The molecule has 2 N–H and O–H groups in total. The van der Waals surface area contributed by atoms with E-state index < -0.39 is 27.5 Å². The first kappa shape index (κ1) is 18.4. The maximum Gasteiger partial charge on any atom is 0.276 e. The first-order valence-electron chi connectivity index (χ1n) is 7.03. The molecule has 0 atom stereocenters. The van der Waals surface area contributed by atoms with Crippen LogP contribution in [0.5, 0.6) is 5.75 Å². The van der Waals surface area contributed by atoms with Gasteiger partial charge >= 0.3 is 0 Å². The van der Waals surface area contributed by atoms with Crippen molar-refractivity contribution in [3.05, 3.63) is 59.9 Å². The number of hydrogen-bond donors (Lipinski definition) is 2. The molecule has 0 saturated heterocycles. The lowest BCUT2D eigenvalue weighted by Crippen LogP contribution is -2.43. The smallest absolute Gasteiger partial charge is 0.276 e. The van der Waals surface area contributed by atoms with Crippen molar-refractivity contribution >= 4 is 21.7 Å². The molecule has 0 aliphatic heterocycles. The summed E-state index contributed by atoms with van der Waals surface area (Å²) >= 11 is 0. The molecular weight excluding hydrogens is 351 g/mol. The Morgan fingerprint density at radius 2 is 1.60 bits per heavy atom. The third-order valence-corrected chi connectivity index (χ3v) is 4.17. The lowest BCUT2D eigenvalue weighted by Gasteiger charge is -2.09. The molecule has 0 fully saturated rings. The average molecular weight is 366 g/mol. The molecular formula is C16H15FN2O5S. The Bertz CT molecular complexity index is 864. The quantitative estimate of drug-likeness (QED) is 0.771. The Kier molecular flexibility index (Phi) is 5.71. The van der Waals surface area contributed by atoms with Crippen LogP contribution < -0.4 is 15.6 Å². The van der Waals surface area contributed by atoms with Crippen molar-refractivity contribution < 1.29 is 27.1 Å². The van der Waals surface area contributed by atoms with Crippen LogP contribution in [0.1, 0.15) is 10.4 Å². The molecule has 0 heterocycles. The number of hydrazine groups is 1. The van der Waals surface area contributed by atoms with E-state index in [0.29, 0.717) is 5.75 Å². The van der Waals surface area contributed by atoms with E-state index in [1.165, 1.54) is 48.5 Å². The van der Waals surface area contributed by atoms with Gasteiger partial charge in [0.05, 0.1) is 4.90 Å². The van der Waals surface area contributed by atoms with E-state index in [1.807, 2.05) is 0 Å². The molecule has 0 bridgehead atoms. The van der Waals surface area contributed by atoms with Gasteiger partial charge in [0.25, 0.3) is 11.8 Å². The number of ether oxygens (including phenoxy) is 1. The minimum Gasteiger partial charge on any atom is -0.484 e. The van der Waals surface area contributed by atoms with Crippen molar-refractivity contribution in [2.45, 2.75) is 4.90 Å². The second-order valence-corrected chi connectivity index (χ2v) is 7.06. The highest BCUT2D eigenvalue weighted by Gasteiger charge is 2.11. The highest BCUT2D eigenvalue weighted by Crippen LogP contribution is 2.11. The largest absolute Gasteiger partial charge is 0.484 e. The summed E-state index contributed by atoms with van der Waals surface area (Å²) in [4.78, 5) is 23.5. The highest BCUT2D eigenvalue weighted by atomic mass is 32.2. The first-order valence-corrected chi connectivity index (χ1v) is 8.92. The molecule has 2 amide bonds. The zero-order chi connectivity index (χ0) is 18.4.